The molecule has 3 rings (SSSR count). The maximum atomic E-state index is 4.58. The lowest BCUT2D eigenvalue weighted by Crippen LogP contribution is -1.84. The van der Waals surface area contributed by atoms with Gasteiger partial charge in [0.15, 0.2) is 5.82 Å². The number of fused-ring (bicyclic) bond motifs is 1. The van der Waals surface area contributed by atoms with E-state index in [1.165, 1.54) is 42.5 Å². The van der Waals surface area contributed by atoms with Crippen molar-refractivity contribution in [3.05, 3.63) is 22.3 Å². The van der Waals surface area contributed by atoms with Crippen LogP contribution < -0.4 is 0 Å². The van der Waals surface area contributed by atoms with Crippen LogP contribution in [0.3, 0.4) is 0 Å². The van der Waals surface area contributed by atoms with Crippen LogP contribution >= 0.6 is 11.3 Å². The van der Waals surface area contributed by atoms with Crippen LogP contribution in [-0.4, -0.2) is 15.2 Å². The molecule has 0 bridgehead atoms. The minimum absolute atomic E-state index is 0.886. The smallest absolute Gasteiger partial charge is 0.191 e. The summed E-state index contributed by atoms with van der Waals surface area (Å²) in [5.74, 6) is 1.90. The summed E-state index contributed by atoms with van der Waals surface area (Å²) < 4.78 is 0. The van der Waals surface area contributed by atoms with E-state index in [2.05, 4.69) is 28.2 Å². The Balaban J connectivity index is 1.87. The van der Waals surface area contributed by atoms with Crippen molar-refractivity contribution < 1.29 is 0 Å². The van der Waals surface area contributed by atoms with Crippen LogP contribution in [-0.2, 0) is 19.3 Å². The molecule has 2 heterocycles. The quantitative estimate of drug-likeness (QED) is 0.855. The van der Waals surface area contributed by atoms with Gasteiger partial charge >= 0.3 is 0 Å². The first-order chi connectivity index (χ1) is 8.86. The fourth-order valence-corrected chi connectivity index (χ4v) is 3.72. The Kier molecular flexibility index (Phi) is 3.46. The van der Waals surface area contributed by atoms with E-state index < -0.39 is 0 Å². The molecule has 0 atom stereocenters. The average Bonchev–Trinajstić information content (AvgIpc) is 2.93. The van der Waals surface area contributed by atoms with E-state index in [4.69, 9.17) is 0 Å². The summed E-state index contributed by atoms with van der Waals surface area (Å²) >= 11 is 1.89. The number of nitrogens with zero attached hydrogens (tertiary/aromatic N) is 2. The van der Waals surface area contributed by atoms with Crippen molar-refractivity contribution in [1.82, 2.24) is 15.2 Å². The first kappa shape index (κ1) is 11.9. The van der Waals surface area contributed by atoms with Crippen LogP contribution in [0.5, 0.6) is 0 Å². The second-order valence-corrected chi connectivity index (χ2v) is 6.11. The number of thiophene rings is 1. The predicted octanol–water partition coefficient (Wildman–Crippen LogP) is 3.75. The first-order valence-electron chi connectivity index (χ1n) is 6.90. The van der Waals surface area contributed by atoms with Gasteiger partial charge in [-0.2, -0.15) is 5.10 Å². The summed E-state index contributed by atoms with van der Waals surface area (Å²) in [5.41, 5.74) is 1.54. The third kappa shape index (κ3) is 2.34. The summed E-state index contributed by atoms with van der Waals surface area (Å²) in [6, 6.07) is 2.31. The largest absolute Gasteiger partial charge is 0.263 e. The van der Waals surface area contributed by atoms with Gasteiger partial charge in [-0.05, 0) is 43.7 Å². The summed E-state index contributed by atoms with van der Waals surface area (Å²) in [4.78, 5) is 7.38. The van der Waals surface area contributed by atoms with Gasteiger partial charge in [0.05, 0.1) is 4.88 Å². The third-order valence-corrected chi connectivity index (χ3v) is 4.72. The van der Waals surface area contributed by atoms with E-state index in [9.17, 15) is 0 Å². The highest BCUT2D eigenvalue weighted by molar-refractivity contribution is 7.15. The molecule has 2 aromatic rings. The molecule has 18 heavy (non-hydrogen) atoms. The lowest BCUT2D eigenvalue weighted by Gasteiger charge is -1.92. The van der Waals surface area contributed by atoms with Crippen LogP contribution in [0.2, 0.25) is 0 Å². The molecule has 0 unspecified atom stereocenters. The Morgan fingerprint density at radius 1 is 1.28 bits per heavy atom. The fraction of sp³-hybridized carbons (Fsp3) is 0.571. The number of hydrogen-bond acceptors (Lipinski definition) is 3. The van der Waals surface area contributed by atoms with E-state index in [1.807, 2.05) is 11.3 Å². The van der Waals surface area contributed by atoms with Gasteiger partial charge in [-0.15, -0.1) is 11.3 Å². The van der Waals surface area contributed by atoms with Gasteiger partial charge in [-0.25, -0.2) is 4.98 Å². The SMILES string of the molecule is CCCc1nc(-c2cc3c(s2)CCCCC3)n[nH]1. The lowest BCUT2D eigenvalue weighted by atomic mass is 10.1. The van der Waals surface area contributed by atoms with Crippen LogP contribution in [0, 0.1) is 0 Å². The van der Waals surface area contributed by atoms with Crippen LogP contribution in [0.4, 0.5) is 0 Å². The molecule has 0 aromatic carbocycles. The number of H-pyrrole nitrogens is 1. The zero-order valence-corrected chi connectivity index (χ0v) is 11.6. The van der Waals surface area contributed by atoms with Gasteiger partial charge in [0.1, 0.15) is 5.82 Å². The third-order valence-electron chi connectivity index (χ3n) is 3.49. The van der Waals surface area contributed by atoms with Crippen molar-refractivity contribution in [3.8, 4) is 10.7 Å². The molecule has 4 heteroatoms. The van der Waals surface area contributed by atoms with E-state index in [1.54, 1.807) is 4.88 Å². The fourth-order valence-electron chi connectivity index (χ4n) is 2.53. The molecular formula is C14H19N3S. The van der Waals surface area contributed by atoms with Crippen LogP contribution in [0.1, 0.15) is 48.9 Å². The molecule has 0 saturated heterocycles. The maximum Gasteiger partial charge on any atom is 0.191 e. The van der Waals surface area contributed by atoms with E-state index >= 15 is 0 Å². The summed E-state index contributed by atoms with van der Waals surface area (Å²) in [5, 5.41) is 7.39. The van der Waals surface area contributed by atoms with Crippen LogP contribution in [0.25, 0.3) is 10.7 Å². The lowest BCUT2D eigenvalue weighted by molar-refractivity contribution is 0.713. The van der Waals surface area contributed by atoms with Crippen LogP contribution in [0.15, 0.2) is 6.07 Å². The molecule has 0 amide bonds. The average molecular weight is 261 g/mol. The normalized spacial score (nSPS) is 15.4. The Morgan fingerprint density at radius 3 is 3.06 bits per heavy atom. The van der Waals surface area contributed by atoms with Gasteiger partial charge in [0, 0.05) is 11.3 Å². The van der Waals surface area contributed by atoms with Crippen molar-refractivity contribution in [3.63, 3.8) is 0 Å². The summed E-state index contributed by atoms with van der Waals surface area (Å²) in [6.07, 6.45) is 8.61. The zero-order valence-electron chi connectivity index (χ0n) is 10.8. The molecular weight excluding hydrogens is 242 g/mol. The Hall–Kier alpha value is -1.16. The molecule has 2 aromatic heterocycles. The molecule has 1 N–H and O–H groups in total. The van der Waals surface area contributed by atoms with Gasteiger partial charge in [0.2, 0.25) is 0 Å². The van der Waals surface area contributed by atoms with E-state index in [0.29, 0.717) is 0 Å². The summed E-state index contributed by atoms with van der Waals surface area (Å²) in [6.45, 7) is 2.16. The molecule has 0 radical (unpaired) electrons. The zero-order chi connectivity index (χ0) is 12.4. The first-order valence-corrected chi connectivity index (χ1v) is 7.71. The highest BCUT2D eigenvalue weighted by Crippen LogP contribution is 2.33. The van der Waals surface area contributed by atoms with Gasteiger partial charge in [0.25, 0.3) is 0 Å². The predicted molar refractivity (Wildman–Crippen MR) is 74.9 cm³/mol. The van der Waals surface area contributed by atoms with Gasteiger partial charge in [-0.3, -0.25) is 5.10 Å². The van der Waals surface area contributed by atoms with E-state index in [0.717, 1.165) is 24.5 Å². The number of aryl methyl sites for hydroxylation is 3. The van der Waals surface area contributed by atoms with E-state index in [-0.39, 0.29) is 0 Å². The molecule has 3 nitrogen and oxygen atoms in total. The number of aromatic nitrogens is 3. The van der Waals surface area contributed by atoms with Crippen molar-refractivity contribution in [1.29, 1.82) is 0 Å². The molecule has 0 fully saturated rings. The standard InChI is InChI=1S/C14H19N3S/c1-2-6-13-15-14(17-16-13)12-9-10-7-4-3-5-8-11(10)18-12/h9H,2-8H2,1H3,(H,15,16,17). The number of nitrogens with one attached hydrogen (secondary N) is 1. The Labute approximate surface area is 112 Å². The molecule has 0 saturated carbocycles. The van der Waals surface area contributed by atoms with Crippen molar-refractivity contribution in [2.24, 2.45) is 0 Å². The number of rotatable bonds is 3. The molecule has 1 aliphatic carbocycles. The second-order valence-electron chi connectivity index (χ2n) is 4.98. The highest BCUT2D eigenvalue weighted by atomic mass is 32.1. The minimum Gasteiger partial charge on any atom is -0.263 e. The number of aromatic amines is 1. The maximum absolute atomic E-state index is 4.58. The molecule has 0 aliphatic heterocycles. The topological polar surface area (TPSA) is 41.6 Å². The molecule has 1 aliphatic rings. The molecule has 0 spiro atoms. The van der Waals surface area contributed by atoms with Crippen molar-refractivity contribution in [2.75, 3.05) is 0 Å². The summed E-state index contributed by atoms with van der Waals surface area (Å²) in [7, 11) is 0. The Morgan fingerprint density at radius 2 is 2.17 bits per heavy atom. The highest BCUT2D eigenvalue weighted by Gasteiger charge is 2.15. The monoisotopic (exact) mass is 261 g/mol. The minimum atomic E-state index is 0.886. The van der Waals surface area contributed by atoms with Crippen molar-refractivity contribution in [2.45, 2.75) is 51.9 Å². The Bertz CT molecular complexity index is 503. The van der Waals surface area contributed by atoms with Crippen molar-refractivity contribution >= 4 is 11.3 Å². The van der Waals surface area contributed by atoms with Gasteiger partial charge < -0.3 is 0 Å². The molecule has 96 valence electrons. The second kappa shape index (κ2) is 5.22. The number of hydrogen-bond donors (Lipinski definition) is 1. The van der Waals surface area contributed by atoms with Gasteiger partial charge in [-0.1, -0.05) is 13.3 Å².